The maximum Gasteiger partial charge on any atom is 0.165 e. The zero-order valence-electron chi connectivity index (χ0n) is 30.4. The summed E-state index contributed by atoms with van der Waals surface area (Å²) in [7, 11) is 0. The van der Waals surface area contributed by atoms with Crippen molar-refractivity contribution in [3.8, 4) is 51.0 Å². The van der Waals surface area contributed by atoms with E-state index in [1.165, 1.54) is 10.8 Å². The Morgan fingerprint density at radius 3 is 1.70 bits per heavy atom. The van der Waals surface area contributed by atoms with Crippen molar-refractivity contribution in [3.63, 3.8) is 0 Å². The van der Waals surface area contributed by atoms with Crippen molar-refractivity contribution in [2.24, 2.45) is 0 Å². The second-order valence-corrected chi connectivity index (χ2v) is 15.4. The molecule has 5 nitrogen and oxygen atoms in total. The van der Waals surface area contributed by atoms with Gasteiger partial charge in [0.15, 0.2) is 17.5 Å². The number of furan rings is 1. The van der Waals surface area contributed by atoms with Gasteiger partial charge in [0.25, 0.3) is 0 Å². The van der Waals surface area contributed by atoms with Crippen molar-refractivity contribution in [2.45, 2.75) is 0 Å². The van der Waals surface area contributed by atoms with Gasteiger partial charge in [-0.2, -0.15) is 0 Å². The van der Waals surface area contributed by atoms with Crippen LogP contribution in [0.5, 0.6) is 0 Å². The van der Waals surface area contributed by atoms with Gasteiger partial charge < -0.3 is 8.98 Å². The largest absolute Gasteiger partial charge is 0.455 e. The first-order valence-corrected chi connectivity index (χ1v) is 19.8. The van der Waals surface area contributed by atoms with Gasteiger partial charge in [0, 0.05) is 64.0 Å². The van der Waals surface area contributed by atoms with E-state index in [2.05, 4.69) is 144 Å². The number of rotatable bonds is 5. The Morgan fingerprint density at radius 1 is 0.421 bits per heavy atom. The predicted octanol–water partition coefficient (Wildman–Crippen LogP) is 13.9. The summed E-state index contributed by atoms with van der Waals surface area (Å²) in [6.07, 6.45) is 0. The first kappa shape index (κ1) is 31.9. The van der Waals surface area contributed by atoms with Crippen LogP contribution >= 0.6 is 11.3 Å². The molecule has 8 aromatic carbocycles. The average molecular weight is 747 g/mol. The monoisotopic (exact) mass is 746 g/mol. The van der Waals surface area contributed by atoms with Crippen molar-refractivity contribution in [2.75, 3.05) is 0 Å². The molecule has 0 bridgehead atoms. The minimum Gasteiger partial charge on any atom is -0.455 e. The normalized spacial score (nSPS) is 11.9. The molecule has 0 fully saturated rings. The first-order valence-electron chi connectivity index (χ1n) is 19.0. The molecular weight excluding hydrogens is 717 g/mol. The molecule has 0 radical (unpaired) electrons. The fourth-order valence-corrected chi connectivity index (χ4v) is 9.68. The summed E-state index contributed by atoms with van der Waals surface area (Å²) in [5.74, 6) is 1.88. The molecule has 57 heavy (non-hydrogen) atoms. The Kier molecular flexibility index (Phi) is 7.03. The van der Waals surface area contributed by atoms with Gasteiger partial charge in [-0.25, -0.2) is 15.0 Å². The van der Waals surface area contributed by atoms with Crippen LogP contribution in [0.15, 0.2) is 186 Å². The zero-order chi connectivity index (χ0) is 37.5. The molecule has 0 atom stereocenters. The number of hydrogen-bond donors (Lipinski definition) is 0. The fraction of sp³-hybridized carbons (Fsp3) is 0. The molecule has 4 aromatic heterocycles. The van der Waals surface area contributed by atoms with Gasteiger partial charge in [0.05, 0.1) is 16.7 Å². The third-order valence-electron chi connectivity index (χ3n) is 11.1. The lowest BCUT2D eigenvalue weighted by molar-refractivity contribution is 0.673. The summed E-state index contributed by atoms with van der Waals surface area (Å²) in [6, 6.07) is 63.7. The van der Waals surface area contributed by atoms with Gasteiger partial charge in [0.1, 0.15) is 11.2 Å². The second kappa shape index (κ2) is 12.6. The summed E-state index contributed by atoms with van der Waals surface area (Å²) in [5, 5.41) is 6.87. The maximum absolute atomic E-state index is 6.72. The third kappa shape index (κ3) is 4.98. The highest BCUT2D eigenvalue weighted by Gasteiger charge is 2.23. The van der Waals surface area contributed by atoms with Gasteiger partial charge in [-0.3, -0.25) is 0 Å². The number of nitrogens with zero attached hydrogens (tertiary/aromatic N) is 4. The first-order chi connectivity index (χ1) is 28.3. The Bertz CT molecular complexity index is 3420. The summed E-state index contributed by atoms with van der Waals surface area (Å²) in [5.41, 5.74) is 10.2. The molecule has 0 N–H and O–H groups in total. The van der Waals surface area contributed by atoms with Crippen molar-refractivity contribution >= 4 is 75.3 Å². The molecule has 0 aliphatic heterocycles. The molecule has 12 rings (SSSR count). The highest BCUT2D eigenvalue weighted by atomic mass is 32.1. The minimum atomic E-state index is 0.622. The summed E-state index contributed by atoms with van der Waals surface area (Å²) in [6.45, 7) is 0. The lowest BCUT2D eigenvalue weighted by Gasteiger charge is -2.16. The van der Waals surface area contributed by atoms with Gasteiger partial charge in [-0.15, -0.1) is 11.3 Å². The van der Waals surface area contributed by atoms with Crippen LogP contribution in [-0.2, 0) is 0 Å². The van der Waals surface area contributed by atoms with Crippen LogP contribution < -0.4 is 0 Å². The molecular formula is C51H30N4OS. The van der Waals surface area contributed by atoms with Gasteiger partial charge in [0.2, 0.25) is 0 Å². The lowest BCUT2D eigenvalue weighted by atomic mass is 9.97. The number of benzene rings is 8. The van der Waals surface area contributed by atoms with Crippen molar-refractivity contribution in [3.05, 3.63) is 182 Å². The topological polar surface area (TPSA) is 56.7 Å². The number of hydrogen-bond acceptors (Lipinski definition) is 5. The highest BCUT2D eigenvalue weighted by molar-refractivity contribution is 7.26. The highest BCUT2D eigenvalue weighted by Crippen LogP contribution is 2.47. The third-order valence-corrected chi connectivity index (χ3v) is 12.3. The van der Waals surface area contributed by atoms with E-state index in [0.717, 1.165) is 86.6 Å². The van der Waals surface area contributed by atoms with Crippen LogP contribution in [0.3, 0.4) is 0 Å². The van der Waals surface area contributed by atoms with Crippen molar-refractivity contribution in [1.82, 2.24) is 19.5 Å². The smallest absolute Gasteiger partial charge is 0.165 e. The van der Waals surface area contributed by atoms with E-state index < -0.39 is 0 Å². The predicted molar refractivity (Wildman–Crippen MR) is 236 cm³/mol. The van der Waals surface area contributed by atoms with E-state index in [1.807, 2.05) is 42.5 Å². The second-order valence-electron chi connectivity index (χ2n) is 14.3. The molecule has 0 saturated heterocycles. The molecule has 0 spiro atoms. The molecule has 4 heterocycles. The number of thiophene rings is 1. The van der Waals surface area contributed by atoms with Crippen LogP contribution in [0.25, 0.3) is 115 Å². The molecule has 0 aliphatic rings. The van der Waals surface area contributed by atoms with Gasteiger partial charge in [-0.05, 0) is 54.1 Å². The molecule has 0 saturated carbocycles. The van der Waals surface area contributed by atoms with Crippen LogP contribution in [0.2, 0.25) is 0 Å². The summed E-state index contributed by atoms with van der Waals surface area (Å²) < 4.78 is 11.4. The Balaban J connectivity index is 1.20. The van der Waals surface area contributed by atoms with Crippen LogP contribution in [0, 0.1) is 0 Å². The lowest BCUT2D eigenvalue weighted by Crippen LogP contribution is -2.01. The fourth-order valence-electron chi connectivity index (χ4n) is 8.49. The van der Waals surface area contributed by atoms with E-state index in [9.17, 15) is 0 Å². The molecule has 266 valence electrons. The molecule has 12 aromatic rings. The zero-order valence-corrected chi connectivity index (χ0v) is 31.2. The Morgan fingerprint density at radius 2 is 1.00 bits per heavy atom. The van der Waals surface area contributed by atoms with E-state index in [1.54, 1.807) is 11.3 Å². The molecule has 0 aliphatic carbocycles. The van der Waals surface area contributed by atoms with E-state index in [4.69, 9.17) is 19.4 Å². The van der Waals surface area contributed by atoms with Crippen LogP contribution in [0.4, 0.5) is 0 Å². The summed E-state index contributed by atoms with van der Waals surface area (Å²) >= 11 is 1.76. The number of aromatic nitrogens is 4. The Hall–Kier alpha value is -7.41. The van der Waals surface area contributed by atoms with Crippen molar-refractivity contribution < 1.29 is 4.42 Å². The quantitative estimate of drug-likeness (QED) is 0.176. The van der Waals surface area contributed by atoms with Crippen LogP contribution in [-0.4, -0.2) is 19.5 Å². The maximum atomic E-state index is 6.72. The SMILES string of the molecule is c1ccc(-c2nc(-c3ccccc3)nc(-c3cc(-c4ccccc4-n4c5ccccc5c5ccccc54)cc4c3sc3ccc5c6ccccc6oc5c34)n2)cc1. The van der Waals surface area contributed by atoms with Crippen molar-refractivity contribution in [1.29, 1.82) is 0 Å². The average Bonchev–Trinajstić information content (AvgIpc) is 3.96. The van der Waals surface area contributed by atoms with Crippen LogP contribution in [0.1, 0.15) is 0 Å². The molecule has 0 amide bonds. The minimum absolute atomic E-state index is 0.622. The van der Waals surface area contributed by atoms with E-state index in [-0.39, 0.29) is 0 Å². The van der Waals surface area contributed by atoms with E-state index >= 15 is 0 Å². The standard InChI is InChI=1S/C51H30N4OS/c1-3-15-31(16-4-1)49-52-50(32-17-5-2-6-18-32)54-51(53-49)40-30-33(29-39-46-45(57-48(39)40)28-27-38-37-22-10-14-26-44(37)56-47(38)46)34-19-7-11-23-41(34)55-42-24-12-8-20-35(42)36-21-9-13-25-43(36)55/h1-30H. The number of fused-ring (bicyclic) bond motifs is 10. The van der Waals surface area contributed by atoms with Gasteiger partial charge in [-0.1, -0.05) is 133 Å². The van der Waals surface area contributed by atoms with Gasteiger partial charge >= 0.3 is 0 Å². The summed E-state index contributed by atoms with van der Waals surface area (Å²) in [4.78, 5) is 15.6. The number of para-hydroxylation sites is 4. The molecule has 0 unspecified atom stereocenters. The van der Waals surface area contributed by atoms with E-state index in [0.29, 0.717) is 17.5 Å². The Labute approximate surface area is 330 Å². The molecule has 6 heteroatoms.